The SMILES string of the molecule is CNC(=O)C1CN(C(C)C)CCN1C(=O)CCc1ccc2nc(C)[nH]c2c1. The Kier molecular flexibility index (Phi) is 5.79. The number of aromatic amines is 1. The summed E-state index contributed by atoms with van der Waals surface area (Å²) in [4.78, 5) is 36.8. The molecule has 2 heterocycles. The molecule has 1 aromatic heterocycles. The standard InChI is InChI=1S/C20H29N5O2/c1-13(2)24-9-10-25(18(12-24)20(27)21-4)19(26)8-6-15-5-7-16-17(11-15)23-14(3)22-16/h5,7,11,13,18H,6,8-10,12H2,1-4H3,(H,21,27)(H,22,23). The average Bonchev–Trinajstić information content (AvgIpc) is 3.04. The lowest BCUT2D eigenvalue weighted by molar-refractivity contribution is -0.144. The van der Waals surface area contributed by atoms with E-state index < -0.39 is 6.04 Å². The molecule has 1 aromatic carbocycles. The van der Waals surface area contributed by atoms with Crippen molar-refractivity contribution in [2.45, 2.75) is 45.7 Å². The maximum Gasteiger partial charge on any atom is 0.243 e. The highest BCUT2D eigenvalue weighted by molar-refractivity contribution is 5.88. The molecule has 1 atom stereocenters. The number of nitrogens with zero attached hydrogens (tertiary/aromatic N) is 3. The third-order valence-corrected chi connectivity index (χ3v) is 5.30. The van der Waals surface area contributed by atoms with Crippen molar-refractivity contribution in [1.82, 2.24) is 25.1 Å². The van der Waals surface area contributed by atoms with Crippen molar-refractivity contribution >= 4 is 22.8 Å². The van der Waals surface area contributed by atoms with E-state index in [1.807, 2.05) is 19.1 Å². The predicted molar refractivity (Wildman–Crippen MR) is 105 cm³/mol. The number of aryl methyl sites for hydroxylation is 2. The van der Waals surface area contributed by atoms with Gasteiger partial charge in [-0.3, -0.25) is 14.5 Å². The Hall–Kier alpha value is -2.41. The second-order valence-corrected chi connectivity index (χ2v) is 7.48. The number of carbonyl (C=O) groups is 2. The normalized spacial score (nSPS) is 18.3. The predicted octanol–water partition coefficient (Wildman–Crippen LogP) is 1.47. The fraction of sp³-hybridized carbons (Fsp3) is 0.550. The Balaban J connectivity index is 1.66. The van der Waals surface area contributed by atoms with E-state index in [2.05, 4.69) is 40.1 Å². The van der Waals surface area contributed by atoms with Crippen LogP contribution in [0.3, 0.4) is 0 Å². The van der Waals surface area contributed by atoms with E-state index in [4.69, 9.17) is 0 Å². The number of hydrogen-bond acceptors (Lipinski definition) is 4. The van der Waals surface area contributed by atoms with E-state index in [1.165, 1.54) is 0 Å². The van der Waals surface area contributed by atoms with Crippen LogP contribution in [0.4, 0.5) is 0 Å². The molecule has 0 saturated carbocycles. The summed E-state index contributed by atoms with van der Waals surface area (Å²) in [5, 5.41) is 2.70. The number of hydrogen-bond donors (Lipinski definition) is 2. The first kappa shape index (κ1) is 19.4. The maximum atomic E-state index is 12.9. The molecular formula is C20H29N5O2. The number of piperazine rings is 1. The zero-order chi connectivity index (χ0) is 19.6. The molecule has 2 N–H and O–H groups in total. The number of imidazole rings is 1. The van der Waals surface area contributed by atoms with E-state index in [1.54, 1.807) is 11.9 Å². The van der Waals surface area contributed by atoms with Crippen LogP contribution < -0.4 is 5.32 Å². The number of benzene rings is 1. The molecule has 7 nitrogen and oxygen atoms in total. The van der Waals surface area contributed by atoms with Crippen molar-refractivity contribution in [3.8, 4) is 0 Å². The molecule has 0 aliphatic carbocycles. The van der Waals surface area contributed by atoms with Crippen LogP contribution in [-0.4, -0.2) is 70.3 Å². The van der Waals surface area contributed by atoms with E-state index in [9.17, 15) is 9.59 Å². The van der Waals surface area contributed by atoms with Crippen molar-refractivity contribution in [2.75, 3.05) is 26.7 Å². The summed E-state index contributed by atoms with van der Waals surface area (Å²) in [6, 6.07) is 5.99. The highest BCUT2D eigenvalue weighted by Gasteiger charge is 2.35. The smallest absolute Gasteiger partial charge is 0.243 e. The molecule has 0 radical (unpaired) electrons. The quantitative estimate of drug-likeness (QED) is 0.834. The molecule has 7 heteroatoms. The van der Waals surface area contributed by atoms with Gasteiger partial charge in [0.05, 0.1) is 11.0 Å². The van der Waals surface area contributed by atoms with Crippen LogP contribution in [-0.2, 0) is 16.0 Å². The highest BCUT2D eigenvalue weighted by Crippen LogP contribution is 2.18. The van der Waals surface area contributed by atoms with Gasteiger partial charge in [-0.15, -0.1) is 0 Å². The molecule has 2 amide bonds. The largest absolute Gasteiger partial charge is 0.357 e. The second-order valence-electron chi connectivity index (χ2n) is 7.48. The summed E-state index contributed by atoms with van der Waals surface area (Å²) >= 11 is 0. The third kappa shape index (κ3) is 4.30. The lowest BCUT2D eigenvalue weighted by Crippen LogP contribution is -2.61. The van der Waals surface area contributed by atoms with Gasteiger partial charge in [0.2, 0.25) is 11.8 Å². The van der Waals surface area contributed by atoms with Gasteiger partial charge in [-0.05, 0) is 44.9 Å². The van der Waals surface area contributed by atoms with Gasteiger partial charge in [0, 0.05) is 39.1 Å². The monoisotopic (exact) mass is 371 g/mol. The summed E-state index contributed by atoms with van der Waals surface area (Å²) in [7, 11) is 1.63. The Morgan fingerprint density at radius 1 is 1.33 bits per heavy atom. The molecular weight excluding hydrogens is 342 g/mol. The zero-order valence-corrected chi connectivity index (χ0v) is 16.6. The first-order chi connectivity index (χ1) is 12.9. The molecule has 0 bridgehead atoms. The van der Waals surface area contributed by atoms with Crippen LogP contribution >= 0.6 is 0 Å². The lowest BCUT2D eigenvalue weighted by Gasteiger charge is -2.42. The Morgan fingerprint density at radius 3 is 2.81 bits per heavy atom. The Bertz CT molecular complexity index is 829. The second kappa shape index (κ2) is 8.08. The van der Waals surface area contributed by atoms with Crippen molar-refractivity contribution in [3.05, 3.63) is 29.6 Å². The van der Waals surface area contributed by atoms with Gasteiger partial charge in [-0.25, -0.2) is 4.98 Å². The molecule has 3 rings (SSSR count). The van der Waals surface area contributed by atoms with Gasteiger partial charge < -0.3 is 15.2 Å². The van der Waals surface area contributed by atoms with Gasteiger partial charge in [-0.2, -0.15) is 0 Å². The van der Waals surface area contributed by atoms with Gasteiger partial charge >= 0.3 is 0 Å². The number of fused-ring (bicyclic) bond motifs is 1. The summed E-state index contributed by atoms with van der Waals surface area (Å²) in [5.41, 5.74) is 3.02. The van der Waals surface area contributed by atoms with E-state index >= 15 is 0 Å². The van der Waals surface area contributed by atoms with E-state index in [0.29, 0.717) is 32.0 Å². The van der Waals surface area contributed by atoms with Crippen molar-refractivity contribution < 1.29 is 9.59 Å². The molecule has 1 saturated heterocycles. The fourth-order valence-electron chi connectivity index (χ4n) is 3.70. The third-order valence-electron chi connectivity index (χ3n) is 5.30. The number of likely N-dealkylation sites (N-methyl/N-ethyl adjacent to an activating group) is 1. The summed E-state index contributed by atoms with van der Waals surface area (Å²) < 4.78 is 0. The fourth-order valence-corrected chi connectivity index (χ4v) is 3.70. The minimum atomic E-state index is -0.420. The molecule has 1 fully saturated rings. The minimum absolute atomic E-state index is 0.0351. The van der Waals surface area contributed by atoms with E-state index in [-0.39, 0.29) is 11.8 Å². The van der Waals surface area contributed by atoms with Gasteiger partial charge in [-0.1, -0.05) is 6.07 Å². The molecule has 1 aliphatic heterocycles. The molecule has 1 unspecified atom stereocenters. The molecule has 0 spiro atoms. The first-order valence-corrected chi connectivity index (χ1v) is 9.59. The highest BCUT2D eigenvalue weighted by atomic mass is 16.2. The van der Waals surface area contributed by atoms with Crippen molar-refractivity contribution in [2.24, 2.45) is 0 Å². The van der Waals surface area contributed by atoms with E-state index in [0.717, 1.165) is 29.0 Å². The average molecular weight is 371 g/mol. The number of carbonyl (C=O) groups excluding carboxylic acids is 2. The number of H-pyrrole nitrogens is 1. The summed E-state index contributed by atoms with van der Waals surface area (Å²) in [6.45, 7) is 8.14. The van der Waals surface area contributed by atoms with Crippen LogP contribution in [0.25, 0.3) is 11.0 Å². The topological polar surface area (TPSA) is 81.3 Å². The van der Waals surface area contributed by atoms with Crippen LogP contribution in [0.5, 0.6) is 0 Å². The number of nitrogens with one attached hydrogen (secondary N) is 2. The lowest BCUT2D eigenvalue weighted by atomic mass is 10.1. The molecule has 2 aromatic rings. The summed E-state index contributed by atoms with van der Waals surface area (Å²) in [6.07, 6.45) is 1.05. The Morgan fingerprint density at radius 2 is 2.11 bits per heavy atom. The molecule has 146 valence electrons. The number of amides is 2. The number of aromatic nitrogens is 2. The van der Waals surface area contributed by atoms with Crippen LogP contribution in [0.15, 0.2) is 18.2 Å². The Labute approximate surface area is 160 Å². The van der Waals surface area contributed by atoms with Crippen LogP contribution in [0.2, 0.25) is 0 Å². The van der Waals surface area contributed by atoms with Crippen molar-refractivity contribution in [3.63, 3.8) is 0 Å². The van der Waals surface area contributed by atoms with Gasteiger partial charge in [0.25, 0.3) is 0 Å². The minimum Gasteiger partial charge on any atom is -0.357 e. The number of rotatable bonds is 5. The van der Waals surface area contributed by atoms with Crippen LogP contribution in [0, 0.1) is 6.92 Å². The first-order valence-electron chi connectivity index (χ1n) is 9.59. The molecule has 1 aliphatic rings. The van der Waals surface area contributed by atoms with Crippen LogP contribution in [0.1, 0.15) is 31.7 Å². The maximum absolute atomic E-state index is 12.9. The van der Waals surface area contributed by atoms with Gasteiger partial charge in [0.15, 0.2) is 0 Å². The van der Waals surface area contributed by atoms with Crippen molar-refractivity contribution in [1.29, 1.82) is 0 Å². The van der Waals surface area contributed by atoms with Gasteiger partial charge in [0.1, 0.15) is 11.9 Å². The summed E-state index contributed by atoms with van der Waals surface area (Å²) in [5.74, 6) is 0.825. The molecule has 27 heavy (non-hydrogen) atoms. The zero-order valence-electron chi connectivity index (χ0n) is 16.6.